The second-order valence-corrected chi connectivity index (χ2v) is 7.54. The zero-order valence-electron chi connectivity index (χ0n) is 11.2. The van der Waals surface area contributed by atoms with Gasteiger partial charge >= 0.3 is 0 Å². The molecule has 112 valence electrons. The molecule has 0 aromatic carbocycles. The van der Waals surface area contributed by atoms with Crippen LogP contribution in [0.2, 0.25) is 0 Å². The van der Waals surface area contributed by atoms with Crippen LogP contribution in [-0.2, 0) is 11.3 Å². The lowest BCUT2D eigenvalue weighted by Gasteiger charge is -2.07. The van der Waals surface area contributed by atoms with Crippen LogP contribution in [0.1, 0.15) is 21.1 Å². The van der Waals surface area contributed by atoms with E-state index in [0.717, 1.165) is 19.6 Å². The average molecular weight is 436 g/mol. The van der Waals surface area contributed by atoms with Crippen LogP contribution in [0.25, 0.3) is 0 Å². The van der Waals surface area contributed by atoms with Crippen LogP contribution in [0.5, 0.6) is 0 Å². The van der Waals surface area contributed by atoms with E-state index in [9.17, 15) is 9.59 Å². The Balaban J connectivity index is 1.89. The molecule has 21 heavy (non-hydrogen) atoms. The summed E-state index contributed by atoms with van der Waals surface area (Å²) in [7, 11) is 0. The Morgan fingerprint density at radius 2 is 2.00 bits per heavy atom. The molecule has 9 heteroatoms. The molecule has 0 saturated carbocycles. The Labute approximate surface area is 142 Å². The summed E-state index contributed by atoms with van der Waals surface area (Å²) in [4.78, 5) is 24.1. The fraction of sp³-hybridized carbons (Fsp3) is 0.250. The third kappa shape index (κ3) is 4.14. The first-order chi connectivity index (χ1) is 9.86. The molecule has 0 unspecified atom stereocenters. The van der Waals surface area contributed by atoms with Crippen LogP contribution in [0.15, 0.2) is 20.4 Å². The highest BCUT2D eigenvalue weighted by atomic mass is 79.9. The molecule has 0 atom stereocenters. The van der Waals surface area contributed by atoms with E-state index in [4.69, 9.17) is 0 Å². The van der Waals surface area contributed by atoms with Crippen LogP contribution in [0, 0.1) is 13.8 Å². The Kier molecular flexibility index (Phi) is 5.17. The normalized spacial score (nSPS) is 10.5. The maximum atomic E-state index is 11.9. The van der Waals surface area contributed by atoms with Gasteiger partial charge in [-0.05, 0) is 57.8 Å². The van der Waals surface area contributed by atoms with E-state index >= 15 is 0 Å². The maximum absolute atomic E-state index is 11.9. The summed E-state index contributed by atoms with van der Waals surface area (Å²) >= 11 is 7.89. The number of thiophene rings is 1. The van der Waals surface area contributed by atoms with Gasteiger partial charge in [-0.1, -0.05) is 0 Å². The number of carbonyl (C=O) groups excluding carboxylic acids is 2. The van der Waals surface area contributed by atoms with E-state index in [1.807, 2.05) is 19.9 Å². The van der Waals surface area contributed by atoms with E-state index in [0.29, 0.717) is 4.88 Å². The molecule has 2 aromatic heterocycles. The van der Waals surface area contributed by atoms with Crippen molar-refractivity contribution < 1.29 is 9.59 Å². The summed E-state index contributed by atoms with van der Waals surface area (Å²) in [5.74, 6) is -0.711. The van der Waals surface area contributed by atoms with Gasteiger partial charge in [0.15, 0.2) is 0 Å². The SMILES string of the molecule is Cc1cc(C)n(CC(=O)NNC(=O)c2cc(Br)c(Br)s2)n1. The predicted octanol–water partition coefficient (Wildman–Crippen LogP) is 2.55. The van der Waals surface area contributed by atoms with Crippen molar-refractivity contribution in [2.75, 3.05) is 0 Å². The smallest absolute Gasteiger partial charge is 0.271 e. The Morgan fingerprint density at radius 3 is 2.52 bits per heavy atom. The Hall–Kier alpha value is -1.19. The van der Waals surface area contributed by atoms with Crippen molar-refractivity contribution in [3.63, 3.8) is 0 Å². The summed E-state index contributed by atoms with van der Waals surface area (Å²) in [5, 5.41) is 4.18. The molecule has 0 fully saturated rings. The first kappa shape index (κ1) is 16.2. The van der Waals surface area contributed by atoms with Gasteiger partial charge in [-0.15, -0.1) is 11.3 Å². The molecule has 2 heterocycles. The molecule has 0 aliphatic carbocycles. The Morgan fingerprint density at radius 1 is 1.29 bits per heavy atom. The minimum absolute atomic E-state index is 0.0534. The number of nitrogens with zero attached hydrogens (tertiary/aromatic N) is 2. The number of hydrogen-bond donors (Lipinski definition) is 2. The van der Waals surface area contributed by atoms with E-state index in [2.05, 4.69) is 47.8 Å². The van der Waals surface area contributed by atoms with Gasteiger partial charge in [0, 0.05) is 10.2 Å². The molecule has 2 rings (SSSR count). The van der Waals surface area contributed by atoms with Crippen LogP contribution in [0.3, 0.4) is 0 Å². The quantitative estimate of drug-likeness (QED) is 0.727. The molecule has 0 aliphatic heterocycles. The molecule has 0 spiro atoms. The maximum Gasteiger partial charge on any atom is 0.279 e. The second-order valence-electron chi connectivity index (χ2n) is 4.32. The number of aryl methyl sites for hydroxylation is 2. The van der Waals surface area contributed by atoms with Crippen molar-refractivity contribution in [3.8, 4) is 0 Å². The molecule has 0 aliphatic rings. The van der Waals surface area contributed by atoms with Gasteiger partial charge in [0.25, 0.3) is 11.8 Å². The van der Waals surface area contributed by atoms with Gasteiger partial charge in [-0.25, -0.2) is 0 Å². The fourth-order valence-corrected chi connectivity index (χ4v) is 3.59. The zero-order chi connectivity index (χ0) is 15.6. The summed E-state index contributed by atoms with van der Waals surface area (Å²) in [6.07, 6.45) is 0. The number of halogens is 2. The number of nitrogens with one attached hydrogen (secondary N) is 2. The topological polar surface area (TPSA) is 76.0 Å². The number of aromatic nitrogens is 2. The average Bonchev–Trinajstić information content (AvgIpc) is 2.90. The second kappa shape index (κ2) is 6.71. The lowest BCUT2D eigenvalue weighted by Crippen LogP contribution is -2.43. The highest BCUT2D eigenvalue weighted by Crippen LogP contribution is 2.32. The fourth-order valence-electron chi connectivity index (χ4n) is 1.66. The molecule has 2 amide bonds. The summed E-state index contributed by atoms with van der Waals surface area (Å²) in [5.41, 5.74) is 6.48. The lowest BCUT2D eigenvalue weighted by molar-refractivity contribution is -0.122. The molecule has 0 saturated heterocycles. The summed E-state index contributed by atoms with van der Waals surface area (Å²) < 4.78 is 3.20. The van der Waals surface area contributed by atoms with Crippen LogP contribution < -0.4 is 10.9 Å². The number of carbonyl (C=O) groups is 2. The first-order valence-corrected chi connectivity index (χ1v) is 8.32. The number of rotatable bonds is 3. The molecular formula is C12H12Br2N4O2S. The highest BCUT2D eigenvalue weighted by Gasteiger charge is 2.13. The standard InChI is InChI=1S/C12H12Br2N4O2S/c1-6-3-7(2)18(17-6)5-10(19)15-16-12(20)9-4-8(13)11(14)21-9/h3-4H,5H2,1-2H3,(H,15,19)(H,16,20). The van der Waals surface area contributed by atoms with Gasteiger partial charge in [0.2, 0.25) is 0 Å². The van der Waals surface area contributed by atoms with Crippen LogP contribution >= 0.6 is 43.2 Å². The zero-order valence-corrected chi connectivity index (χ0v) is 15.2. The van der Waals surface area contributed by atoms with Crippen LogP contribution in [0.4, 0.5) is 0 Å². The molecular weight excluding hydrogens is 424 g/mol. The van der Waals surface area contributed by atoms with Crippen LogP contribution in [-0.4, -0.2) is 21.6 Å². The third-order valence-electron chi connectivity index (χ3n) is 2.58. The van der Waals surface area contributed by atoms with Gasteiger partial charge in [0.1, 0.15) is 6.54 Å². The third-order valence-corrected chi connectivity index (χ3v) is 5.84. The molecule has 0 radical (unpaired) electrons. The highest BCUT2D eigenvalue weighted by molar-refractivity contribution is 9.13. The van der Waals surface area contributed by atoms with Gasteiger partial charge in [-0.2, -0.15) is 5.10 Å². The first-order valence-electron chi connectivity index (χ1n) is 5.92. The molecule has 6 nitrogen and oxygen atoms in total. The largest absolute Gasteiger partial charge is 0.279 e. The number of amides is 2. The summed E-state index contributed by atoms with van der Waals surface area (Å²) in [6, 6.07) is 3.56. The molecule has 0 bridgehead atoms. The number of hydrogen-bond acceptors (Lipinski definition) is 4. The van der Waals surface area contributed by atoms with E-state index in [1.54, 1.807) is 10.7 Å². The van der Waals surface area contributed by atoms with Gasteiger partial charge in [-0.3, -0.25) is 25.1 Å². The minimum Gasteiger partial charge on any atom is -0.271 e. The molecule has 2 aromatic rings. The van der Waals surface area contributed by atoms with Gasteiger partial charge in [0.05, 0.1) is 14.4 Å². The van der Waals surface area contributed by atoms with Crippen molar-refractivity contribution in [2.24, 2.45) is 0 Å². The van der Waals surface area contributed by atoms with Gasteiger partial charge < -0.3 is 0 Å². The lowest BCUT2D eigenvalue weighted by atomic mass is 10.4. The minimum atomic E-state index is -0.367. The monoisotopic (exact) mass is 434 g/mol. The van der Waals surface area contributed by atoms with E-state index in [-0.39, 0.29) is 18.4 Å². The Bertz CT molecular complexity index is 676. The van der Waals surface area contributed by atoms with E-state index < -0.39 is 0 Å². The summed E-state index contributed by atoms with van der Waals surface area (Å²) in [6.45, 7) is 3.78. The van der Waals surface area contributed by atoms with Crippen molar-refractivity contribution in [1.82, 2.24) is 20.6 Å². The van der Waals surface area contributed by atoms with Crippen molar-refractivity contribution in [2.45, 2.75) is 20.4 Å². The molecule has 2 N–H and O–H groups in total. The van der Waals surface area contributed by atoms with E-state index in [1.165, 1.54) is 11.3 Å². The van der Waals surface area contributed by atoms with Crippen molar-refractivity contribution in [1.29, 1.82) is 0 Å². The van der Waals surface area contributed by atoms with Crippen molar-refractivity contribution in [3.05, 3.63) is 36.7 Å². The predicted molar refractivity (Wildman–Crippen MR) is 87.0 cm³/mol. The van der Waals surface area contributed by atoms with Crippen molar-refractivity contribution >= 4 is 55.0 Å². The number of hydrazine groups is 1.